The van der Waals surface area contributed by atoms with Gasteiger partial charge < -0.3 is 41.9 Å². The Morgan fingerprint density at radius 1 is 1.31 bits per heavy atom. The maximum absolute atomic E-state index is 12.0. The maximum Gasteiger partial charge on any atom is 0.328 e. The predicted molar refractivity (Wildman–Crippen MR) is 84.3 cm³/mol. The summed E-state index contributed by atoms with van der Waals surface area (Å²) in [7, 11) is 0. The van der Waals surface area contributed by atoms with Crippen molar-refractivity contribution in [2.24, 2.45) is 11.5 Å². The number of hydrogen-bond acceptors (Lipinski definition) is 9. The van der Waals surface area contributed by atoms with Crippen LogP contribution >= 0.6 is 0 Å². The van der Waals surface area contributed by atoms with Crippen LogP contribution in [0.5, 0.6) is 0 Å². The average Bonchev–Trinajstić information content (AvgIpc) is 3.04. The molecule has 1 aromatic heterocycles. The molecule has 3 amide bonds. The summed E-state index contributed by atoms with van der Waals surface area (Å²) in [5.41, 5.74) is 10.6. The second-order valence-corrected chi connectivity index (χ2v) is 5.51. The van der Waals surface area contributed by atoms with Crippen molar-refractivity contribution in [1.82, 2.24) is 20.8 Å². The number of aliphatic hydroxyl groups is 2. The van der Waals surface area contributed by atoms with Gasteiger partial charge in [-0.25, -0.2) is 9.59 Å². The van der Waals surface area contributed by atoms with Gasteiger partial charge in [-0.1, -0.05) is 5.16 Å². The molecule has 0 spiro atoms. The van der Waals surface area contributed by atoms with Crippen molar-refractivity contribution >= 4 is 17.9 Å². The monoisotopic (exact) mass is 374 g/mol. The van der Waals surface area contributed by atoms with Gasteiger partial charge in [-0.15, -0.1) is 0 Å². The van der Waals surface area contributed by atoms with Gasteiger partial charge in [0.15, 0.2) is 11.9 Å². The van der Waals surface area contributed by atoms with Crippen molar-refractivity contribution in [2.45, 2.75) is 44.0 Å². The van der Waals surface area contributed by atoms with Crippen LogP contribution in [0.4, 0.5) is 4.79 Å². The SMILES string of the molecule is CC(O)C(NC(=O)N[C@H](CCC(N)=O)c1nc([C@@H](N)CO)no1)C(=O)O. The van der Waals surface area contributed by atoms with E-state index in [9.17, 15) is 19.5 Å². The maximum atomic E-state index is 12.0. The van der Waals surface area contributed by atoms with Gasteiger partial charge in [0.05, 0.1) is 18.8 Å². The van der Waals surface area contributed by atoms with E-state index in [2.05, 4.69) is 20.8 Å². The number of nitrogens with two attached hydrogens (primary N) is 2. The fraction of sp³-hybridized carbons (Fsp3) is 0.615. The number of carboxylic acids is 1. The van der Waals surface area contributed by atoms with Crippen LogP contribution in [0.25, 0.3) is 0 Å². The molecule has 4 atom stereocenters. The number of aliphatic hydroxyl groups excluding tert-OH is 2. The summed E-state index contributed by atoms with van der Waals surface area (Å²) >= 11 is 0. The molecule has 0 fully saturated rings. The van der Waals surface area contributed by atoms with E-state index in [1.54, 1.807) is 0 Å². The topological polar surface area (TPSA) is 227 Å². The molecule has 0 aliphatic carbocycles. The van der Waals surface area contributed by atoms with Crippen LogP contribution in [-0.4, -0.2) is 62.1 Å². The van der Waals surface area contributed by atoms with Crippen molar-refractivity contribution in [2.75, 3.05) is 6.61 Å². The highest BCUT2D eigenvalue weighted by atomic mass is 16.5. The summed E-state index contributed by atoms with van der Waals surface area (Å²) in [6, 6.07) is -4.37. The van der Waals surface area contributed by atoms with Gasteiger partial charge in [0, 0.05) is 6.42 Å². The molecule has 1 aromatic rings. The van der Waals surface area contributed by atoms with Gasteiger partial charge in [0.1, 0.15) is 6.04 Å². The third-order valence-corrected chi connectivity index (χ3v) is 3.30. The van der Waals surface area contributed by atoms with Gasteiger partial charge in [-0.2, -0.15) is 4.98 Å². The van der Waals surface area contributed by atoms with Crippen LogP contribution in [0.15, 0.2) is 4.52 Å². The van der Waals surface area contributed by atoms with Crippen LogP contribution < -0.4 is 22.1 Å². The molecule has 0 aliphatic heterocycles. The summed E-state index contributed by atoms with van der Waals surface area (Å²) in [5, 5.41) is 35.4. The molecule has 146 valence electrons. The zero-order chi connectivity index (χ0) is 19.9. The zero-order valence-electron chi connectivity index (χ0n) is 14.0. The number of nitrogens with one attached hydrogen (secondary N) is 2. The predicted octanol–water partition coefficient (Wildman–Crippen LogP) is -2.50. The zero-order valence-corrected chi connectivity index (χ0v) is 14.0. The molecule has 13 heteroatoms. The number of carbonyl (C=O) groups is 3. The number of aromatic nitrogens is 2. The van der Waals surface area contributed by atoms with E-state index in [4.69, 9.17) is 26.2 Å². The summed E-state index contributed by atoms with van der Waals surface area (Å²) < 4.78 is 4.97. The standard InChI is InChI=1S/C13H22N6O7/c1-5(21)9(12(23)24)17-13(25)16-7(2-3-8(15)22)11-18-10(19-26-11)6(14)4-20/h5-7,9,20-21H,2-4,14H2,1H3,(H2,15,22)(H,23,24)(H2,16,17,25)/t5?,6-,7+,9?/m0/s1. The molecule has 1 heterocycles. The van der Waals surface area contributed by atoms with Crippen LogP contribution in [0.2, 0.25) is 0 Å². The van der Waals surface area contributed by atoms with Crippen LogP contribution in [0.3, 0.4) is 0 Å². The number of urea groups is 1. The van der Waals surface area contributed by atoms with Crippen LogP contribution in [-0.2, 0) is 9.59 Å². The normalized spacial score (nSPS) is 15.5. The lowest BCUT2D eigenvalue weighted by Crippen LogP contribution is -2.51. The highest BCUT2D eigenvalue weighted by Crippen LogP contribution is 2.18. The fourth-order valence-electron chi connectivity index (χ4n) is 1.89. The average molecular weight is 374 g/mol. The Bertz CT molecular complexity index is 634. The lowest BCUT2D eigenvalue weighted by Gasteiger charge is -2.20. The molecule has 0 saturated carbocycles. The summed E-state index contributed by atoms with van der Waals surface area (Å²) in [6.07, 6.45) is -1.49. The van der Waals surface area contributed by atoms with Crippen molar-refractivity contribution in [1.29, 1.82) is 0 Å². The molecule has 0 radical (unpaired) electrons. The van der Waals surface area contributed by atoms with E-state index in [1.807, 2.05) is 0 Å². The number of nitrogens with zero attached hydrogens (tertiary/aromatic N) is 2. The van der Waals surface area contributed by atoms with Gasteiger partial charge >= 0.3 is 12.0 Å². The first-order chi connectivity index (χ1) is 12.1. The van der Waals surface area contributed by atoms with E-state index >= 15 is 0 Å². The number of carbonyl (C=O) groups excluding carboxylic acids is 2. The minimum Gasteiger partial charge on any atom is -0.480 e. The van der Waals surface area contributed by atoms with Crippen molar-refractivity contribution < 1.29 is 34.2 Å². The quantitative estimate of drug-likeness (QED) is 0.228. The Balaban J connectivity index is 2.89. The van der Waals surface area contributed by atoms with Crippen LogP contribution in [0.1, 0.15) is 43.6 Å². The Morgan fingerprint density at radius 3 is 2.46 bits per heavy atom. The molecule has 0 saturated heterocycles. The highest BCUT2D eigenvalue weighted by molar-refractivity contribution is 5.83. The smallest absolute Gasteiger partial charge is 0.328 e. The second-order valence-electron chi connectivity index (χ2n) is 5.51. The molecule has 0 aliphatic rings. The number of primary amides is 1. The molecule has 2 unspecified atom stereocenters. The second kappa shape index (κ2) is 9.65. The minimum absolute atomic E-state index is 0.00876. The highest BCUT2D eigenvalue weighted by Gasteiger charge is 2.28. The molecule has 0 aromatic carbocycles. The van der Waals surface area contributed by atoms with E-state index in [1.165, 1.54) is 6.92 Å². The first kappa shape index (κ1) is 21.3. The number of amides is 3. The number of carboxylic acid groups (broad SMARTS) is 1. The van der Waals surface area contributed by atoms with E-state index in [-0.39, 0.29) is 24.6 Å². The van der Waals surface area contributed by atoms with Gasteiger partial charge in [-0.05, 0) is 13.3 Å². The summed E-state index contributed by atoms with van der Waals surface area (Å²) in [6.45, 7) is 0.762. The minimum atomic E-state index is -1.55. The van der Waals surface area contributed by atoms with E-state index < -0.39 is 48.7 Å². The number of hydrogen-bond donors (Lipinski definition) is 7. The van der Waals surface area contributed by atoms with Crippen molar-refractivity contribution in [3.8, 4) is 0 Å². The Hall–Kier alpha value is -2.77. The van der Waals surface area contributed by atoms with E-state index in [0.717, 1.165) is 0 Å². The molecule has 26 heavy (non-hydrogen) atoms. The third kappa shape index (κ3) is 6.27. The van der Waals surface area contributed by atoms with Crippen molar-refractivity contribution in [3.05, 3.63) is 11.7 Å². The lowest BCUT2D eigenvalue weighted by atomic mass is 10.1. The summed E-state index contributed by atoms with van der Waals surface area (Å²) in [5.74, 6) is -2.19. The molecule has 9 N–H and O–H groups in total. The molecule has 13 nitrogen and oxygen atoms in total. The Kier molecular flexibility index (Phi) is 7.89. The van der Waals surface area contributed by atoms with Gasteiger partial charge in [-0.3, -0.25) is 4.79 Å². The van der Waals surface area contributed by atoms with Gasteiger partial charge in [0.2, 0.25) is 11.8 Å². The first-order valence-corrected chi connectivity index (χ1v) is 7.61. The van der Waals surface area contributed by atoms with E-state index in [0.29, 0.717) is 0 Å². The Morgan fingerprint density at radius 2 is 1.96 bits per heavy atom. The first-order valence-electron chi connectivity index (χ1n) is 7.61. The van der Waals surface area contributed by atoms with Crippen molar-refractivity contribution in [3.63, 3.8) is 0 Å². The third-order valence-electron chi connectivity index (χ3n) is 3.30. The largest absolute Gasteiger partial charge is 0.480 e. The molecular formula is C13H22N6O7. The number of aliphatic carboxylic acids is 1. The molecule has 0 bridgehead atoms. The number of rotatable bonds is 10. The Labute approximate surface area is 147 Å². The lowest BCUT2D eigenvalue weighted by molar-refractivity contribution is -0.141. The molecule has 1 rings (SSSR count). The molecular weight excluding hydrogens is 352 g/mol. The van der Waals surface area contributed by atoms with Crippen LogP contribution in [0, 0.1) is 0 Å². The van der Waals surface area contributed by atoms with Gasteiger partial charge in [0.25, 0.3) is 0 Å². The summed E-state index contributed by atoms with van der Waals surface area (Å²) in [4.78, 5) is 38.0. The fourth-order valence-corrected chi connectivity index (χ4v) is 1.89.